The van der Waals surface area contributed by atoms with Crippen LogP contribution in [0.1, 0.15) is 13.8 Å². The van der Waals surface area contributed by atoms with Crippen molar-refractivity contribution in [2.24, 2.45) is 0 Å². The highest BCUT2D eigenvalue weighted by atomic mass is 16.5. The van der Waals surface area contributed by atoms with Crippen molar-refractivity contribution in [2.45, 2.75) is 13.8 Å². The third-order valence-corrected chi connectivity index (χ3v) is 1.51. The van der Waals surface area contributed by atoms with E-state index in [1.54, 1.807) is 13.8 Å². The van der Waals surface area contributed by atoms with Crippen LogP contribution in [0, 0.1) is 11.3 Å². The quantitative estimate of drug-likeness (QED) is 0.253. The summed E-state index contributed by atoms with van der Waals surface area (Å²) in [7, 11) is 0. The first-order valence-corrected chi connectivity index (χ1v) is 4.92. The molecule has 0 aromatic rings. The normalized spacial score (nSPS) is 11.6. The molecule has 0 spiro atoms. The fraction of sp³-hybridized carbons (Fsp3) is 0.364. The van der Waals surface area contributed by atoms with E-state index in [9.17, 15) is 14.7 Å². The fourth-order valence-corrected chi connectivity index (χ4v) is 0.831. The first-order chi connectivity index (χ1) is 8.06. The first-order valence-electron chi connectivity index (χ1n) is 4.92. The average Bonchev–Trinajstić information content (AvgIpc) is 2.28. The third-order valence-electron chi connectivity index (χ3n) is 1.51. The summed E-state index contributed by atoms with van der Waals surface area (Å²) < 4.78 is 9.10. The van der Waals surface area contributed by atoms with Crippen molar-refractivity contribution in [1.82, 2.24) is 0 Å². The highest BCUT2D eigenvalue weighted by Crippen LogP contribution is 2.05. The summed E-state index contributed by atoms with van der Waals surface area (Å²) in [6, 6.07) is 1.49. The number of aliphatic hydroxyl groups is 1. The molecule has 0 radical (unpaired) electrons. The Morgan fingerprint density at radius 2 is 1.82 bits per heavy atom. The molecule has 92 valence electrons. The summed E-state index contributed by atoms with van der Waals surface area (Å²) >= 11 is 0. The molecule has 0 aromatic carbocycles. The number of ether oxygens (including phenoxy) is 2. The minimum atomic E-state index is -0.944. The molecule has 17 heavy (non-hydrogen) atoms. The van der Waals surface area contributed by atoms with Crippen molar-refractivity contribution in [3.05, 3.63) is 23.5 Å². The molecule has 0 aliphatic rings. The van der Waals surface area contributed by atoms with Gasteiger partial charge in [-0.05, 0) is 19.9 Å². The van der Waals surface area contributed by atoms with Crippen LogP contribution in [0.2, 0.25) is 0 Å². The predicted octanol–water partition coefficient (Wildman–Crippen LogP) is 1.00. The highest BCUT2D eigenvalue weighted by molar-refractivity contribution is 5.94. The van der Waals surface area contributed by atoms with Gasteiger partial charge in [-0.15, -0.1) is 0 Å². The van der Waals surface area contributed by atoms with Gasteiger partial charge in [-0.2, -0.15) is 5.26 Å². The van der Waals surface area contributed by atoms with Gasteiger partial charge in [0.15, 0.2) is 5.57 Å². The zero-order valence-corrected chi connectivity index (χ0v) is 9.60. The van der Waals surface area contributed by atoms with Gasteiger partial charge in [0.05, 0.1) is 13.2 Å². The summed E-state index contributed by atoms with van der Waals surface area (Å²) in [6.07, 6.45) is 1.82. The largest absolute Gasteiger partial charge is 0.506 e. The molecule has 6 nitrogen and oxygen atoms in total. The lowest BCUT2D eigenvalue weighted by Gasteiger charge is -2.00. The van der Waals surface area contributed by atoms with Gasteiger partial charge in [0.1, 0.15) is 11.8 Å². The first kappa shape index (κ1) is 14.7. The molecule has 0 heterocycles. The second kappa shape index (κ2) is 7.93. The summed E-state index contributed by atoms with van der Waals surface area (Å²) in [5, 5.41) is 18.0. The van der Waals surface area contributed by atoms with Gasteiger partial charge in [0.2, 0.25) is 0 Å². The Hall–Kier alpha value is -2.29. The fourth-order valence-electron chi connectivity index (χ4n) is 0.831. The molecule has 6 heteroatoms. The van der Waals surface area contributed by atoms with E-state index in [1.807, 2.05) is 0 Å². The maximum atomic E-state index is 11.2. The van der Waals surface area contributed by atoms with Crippen molar-refractivity contribution in [3.8, 4) is 6.07 Å². The van der Waals surface area contributed by atoms with E-state index in [-0.39, 0.29) is 13.2 Å². The van der Waals surface area contributed by atoms with Crippen LogP contribution in [0.5, 0.6) is 0 Å². The van der Waals surface area contributed by atoms with E-state index in [4.69, 9.17) is 5.26 Å². The summed E-state index contributed by atoms with van der Waals surface area (Å²) in [5.74, 6) is -2.26. The van der Waals surface area contributed by atoms with E-state index in [1.165, 1.54) is 6.07 Å². The van der Waals surface area contributed by atoms with Crippen LogP contribution in [0.4, 0.5) is 0 Å². The second-order valence-corrected chi connectivity index (χ2v) is 2.68. The number of carbonyl (C=O) groups excluding carboxylic acids is 2. The van der Waals surface area contributed by atoms with Crippen LogP contribution in [0.25, 0.3) is 0 Å². The van der Waals surface area contributed by atoms with Crippen molar-refractivity contribution in [2.75, 3.05) is 13.2 Å². The molecule has 0 bridgehead atoms. The van der Waals surface area contributed by atoms with Crippen LogP contribution in [-0.2, 0) is 19.1 Å². The van der Waals surface area contributed by atoms with Gasteiger partial charge in [0, 0.05) is 6.08 Å². The predicted molar refractivity (Wildman–Crippen MR) is 57.7 cm³/mol. The van der Waals surface area contributed by atoms with Crippen LogP contribution in [0.15, 0.2) is 23.5 Å². The van der Waals surface area contributed by atoms with E-state index < -0.39 is 23.3 Å². The van der Waals surface area contributed by atoms with Crippen molar-refractivity contribution >= 4 is 11.9 Å². The lowest BCUT2D eigenvalue weighted by Crippen LogP contribution is -2.08. The Bertz CT molecular complexity index is 389. The molecular weight excluding hydrogens is 226 g/mol. The number of rotatable bonds is 5. The number of esters is 2. The van der Waals surface area contributed by atoms with E-state index in [2.05, 4.69) is 9.47 Å². The highest BCUT2D eigenvalue weighted by Gasteiger charge is 2.14. The summed E-state index contributed by atoms with van der Waals surface area (Å²) in [5.41, 5.74) is -0.563. The Kier molecular flexibility index (Phi) is 6.86. The molecule has 0 unspecified atom stereocenters. The topological polar surface area (TPSA) is 96.6 Å². The molecule has 0 aliphatic heterocycles. The number of nitrogens with zero attached hydrogens (tertiary/aromatic N) is 1. The zero-order valence-electron chi connectivity index (χ0n) is 9.60. The molecule has 0 aromatic heterocycles. The molecule has 0 saturated heterocycles. The molecule has 0 amide bonds. The van der Waals surface area contributed by atoms with E-state index in [0.29, 0.717) is 0 Å². The van der Waals surface area contributed by atoms with Gasteiger partial charge in [0.25, 0.3) is 0 Å². The third kappa shape index (κ3) is 5.37. The van der Waals surface area contributed by atoms with E-state index >= 15 is 0 Å². The summed E-state index contributed by atoms with van der Waals surface area (Å²) in [6.45, 7) is 3.47. The van der Waals surface area contributed by atoms with Crippen molar-refractivity contribution < 1.29 is 24.2 Å². The Morgan fingerprint density at radius 3 is 2.29 bits per heavy atom. The number of hydrogen-bond donors (Lipinski definition) is 1. The number of hydrogen-bond acceptors (Lipinski definition) is 6. The minimum Gasteiger partial charge on any atom is -0.506 e. The van der Waals surface area contributed by atoms with Crippen LogP contribution >= 0.6 is 0 Å². The second-order valence-electron chi connectivity index (χ2n) is 2.68. The molecule has 1 N–H and O–H groups in total. The molecule has 0 fully saturated rings. The maximum absolute atomic E-state index is 11.2. The molecule has 0 atom stereocenters. The molecule has 0 rings (SSSR count). The van der Waals surface area contributed by atoms with Gasteiger partial charge in [-0.3, -0.25) is 0 Å². The molecule has 0 aliphatic carbocycles. The van der Waals surface area contributed by atoms with Crippen LogP contribution in [0.3, 0.4) is 0 Å². The minimum absolute atomic E-state index is 0.0822. The van der Waals surface area contributed by atoms with Gasteiger partial charge in [-0.25, -0.2) is 9.59 Å². The lowest BCUT2D eigenvalue weighted by molar-refractivity contribution is -0.138. The van der Waals surface area contributed by atoms with Gasteiger partial charge >= 0.3 is 11.9 Å². The average molecular weight is 239 g/mol. The SMILES string of the molecule is CCOC(=O)/C=C/C(O)=C(\C#N)C(=O)OCC. The smallest absolute Gasteiger partial charge is 0.352 e. The Balaban J connectivity index is 4.83. The van der Waals surface area contributed by atoms with E-state index in [0.717, 1.165) is 12.2 Å². The summed E-state index contributed by atoms with van der Waals surface area (Å²) in [4.78, 5) is 22.1. The van der Waals surface area contributed by atoms with Crippen LogP contribution < -0.4 is 0 Å². The number of carbonyl (C=O) groups is 2. The number of aliphatic hydroxyl groups excluding tert-OH is 1. The zero-order chi connectivity index (χ0) is 13.3. The maximum Gasteiger partial charge on any atom is 0.352 e. The van der Waals surface area contributed by atoms with Crippen molar-refractivity contribution in [1.29, 1.82) is 5.26 Å². The van der Waals surface area contributed by atoms with Gasteiger partial charge < -0.3 is 14.6 Å². The Morgan fingerprint density at radius 1 is 1.24 bits per heavy atom. The monoisotopic (exact) mass is 239 g/mol. The van der Waals surface area contributed by atoms with Crippen molar-refractivity contribution in [3.63, 3.8) is 0 Å². The standard InChI is InChI=1S/C11H13NO5/c1-3-16-10(14)6-5-9(13)8(7-12)11(15)17-4-2/h5-6,13H,3-4H2,1-2H3/b6-5+,9-8-. The van der Waals surface area contributed by atoms with Gasteiger partial charge in [-0.1, -0.05) is 0 Å². The molecule has 0 saturated carbocycles. The van der Waals surface area contributed by atoms with Crippen LogP contribution in [-0.4, -0.2) is 30.3 Å². The number of nitriles is 1. The molecular formula is C11H13NO5. The lowest BCUT2D eigenvalue weighted by atomic mass is 10.2. The number of allylic oxidation sites excluding steroid dienone is 1. The Labute approximate surface area is 98.7 Å².